The van der Waals surface area contributed by atoms with Crippen LogP contribution in [0.1, 0.15) is 41.0 Å². The van der Waals surface area contributed by atoms with Gasteiger partial charge in [0.2, 0.25) is 0 Å². The molecule has 0 aromatic heterocycles. The molecular weight excluding hydrogens is 379 g/mol. The number of ether oxygens (including phenoxy) is 2. The molecule has 26 heavy (non-hydrogen) atoms. The Labute approximate surface area is 160 Å². The molecule has 7 heteroatoms. The largest absolute Gasteiger partial charge is 0.507 e. The summed E-state index contributed by atoms with van der Waals surface area (Å²) in [6.07, 6.45) is 0.170. The third-order valence-electron chi connectivity index (χ3n) is 3.92. The Morgan fingerprint density at radius 3 is 2.65 bits per heavy atom. The van der Waals surface area contributed by atoms with Crippen molar-refractivity contribution in [2.24, 2.45) is 0 Å². The Hall–Kier alpha value is -2.24. The van der Waals surface area contributed by atoms with Crippen molar-refractivity contribution in [2.45, 2.75) is 25.9 Å². The highest BCUT2D eigenvalue weighted by Gasteiger charge is 2.35. The van der Waals surface area contributed by atoms with Gasteiger partial charge < -0.3 is 14.6 Å². The summed E-state index contributed by atoms with van der Waals surface area (Å²) in [7, 11) is 0. The normalized spacial score (nSPS) is 15.2. The molecule has 2 aromatic carbocycles. The SMILES string of the molecule is CC1(C)CC(=O)c2c(O)cc(OCC(=O)c3ccc(Cl)c(Cl)c3)cc2O1. The van der Waals surface area contributed by atoms with Crippen molar-refractivity contribution >= 4 is 34.8 Å². The number of hydrogen-bond donors (Lipinski definition) is 1. The van der Waals surface area contributed by atoms with Crippen molar-refractivity contribution in [3.63, 3.8) is 0 Å². The van der Waals surface area contributed by atoms with Crippen LogP contribution in [0.25, 0.3) is 0 Å². The number of Topliss-reactive ketones (excluding diaryl/α,β-unsaturated/α-hetero) is 2. The minimum atomic E-state index is -0.676. The highest BCUT2D eigenvalue weighted by Crippen LogP contribution is 2.40. The van der Waals surface area contributed by atoms with Crippen LogP contribution >= 0.6 is 23.2 Å². The number of aromatic hydroxyl groups is 1. The molecule has 1 aliphatic rings. The summed E-state index contributed by atoms with van der Waals surface area (Å²) in [6.45, 7) is 3.30. The van der Waals surface area contributed by atoms with E-state index in [0.29, 0.717) is 10.6 Å². The van der Waals surface area contributed by atoms with Crippen molar-refractivity contribution in [1.29, 1.82) is 0 Å². The van der Waals surface area contributed by atoms with E-state index in [9.17, 15) is 14.7 Å². The van der Waals surface area contributed by atoms with Gasteiger partial charge in [-0.1, -0.05) is 23.2 Å². The number of rotatable bonds is 4. The topological polar surface area (TPSA) is 72.8 Å². The molecule has 2 aromatic rings. The van der Waals surface area contributed by atoms with Crippen LogP contribution in [0.3, 0.4) is 0 Å². The van der Waals surface area contributed by atoms with Gasteiger partial charge in [0.25, 0.3) is 0 Å². The zero-order valence-electron chi connectivity index (χ0n) is 14.1. The number of phenolic OH excluding ortho intramolecular Hbond substituents is 1. The maximum Gasteiger partial charge on any atom is 0.200 e. The van der Waals surface area contributed by atoms with E-state index in [4.69, 9.17) is 32.7 Å². The third-order valence-corrected chi connectivity index (χ3v) is 4.66. The molecule has 0 amide bonds. The van der Waals surface area contributed by atoms with Crippen molar-refractivity contribution in [1.82, 2.24) is 0 Å². The molecule has 0 bridgehead atoms. The van der Waals surface area contributed by atoms with Gasteiger partial charge in [-0.05, 0) is 32.0 Å². The first-order valence-corrected chi connectivity index (χ1v) is 8.62. The van der Waals surface area contributed by atoms with Gasteiger partial charge in [0.15, 0.2) is 18.2 Å². The van der Waals surface area contributed by atoms with Crippen LogP contribution in [0.5, 0.6) is 17.2 Å². The molecule has 0 unspecified atom stereocenters. The minimum Gasteiger partial charge on any atom is -0.507 e. The molecule has 1 N–H and O–H groups in total. The molecule has 0 saturated carbocycles. The second-order valence-electron chi connectivity index (χ2n) is 6.62. The van der Waals surface area contributed by atoms with Crippen LogP contribution in [0, 0.1) is 0 Å². The summed E-state index contributed by atoms with van der Waals surface area (Å²) in [5, 5.41) is 10.8. The molecule has 136 valence electrons. The summed E-state index contributed by atoms with van der Waals surface area (Å²) in [5.74, 6) is -0.284. The summed E-state index contributed by atoms with van der Waals surface area (Å²) in [6, 6.07) is 7.33. The predicted molar refractivity (Wildman–Crippen MR) is 98.0 cm³/mol. The molecule has 0 radical (unpaired) electrons. The number of ketones is 2. The molecule has 0 saturated heterocycles. The van der Waals surface area contributed by atoms with Crippen LogP contribution < -0.4 is 9.47 Å². The summed E-state index contributed by atoms with van der Waals surface area (Å²) >= 11 is 11.7. The zero-order valence-corrected chi connectivity index (χ0v) is 15.6. The summed E-state index contributed by atoms with van der Waals surface area (Å²) in [4.78, 5) is 24.4. The molecule has 0 spiro atoms. The van der Waals surface area contributed by atoms with E-state index < -0.39 is 5.60 Å². The fourth-order valence-electron chi connectivity index (χ4n) is 2.73. The third kappa shape index (κ3) is 3.79. The monoisotopic (exact) mass is 394 g/mol. The average Bonchev–Trinajstić information content (AvgIpc) is 2.53. The maximum absolute atomic E-state index is 12.2. The van der Waals surface area contributed by atoms with Crippen LogP contribution in [0.2, 0.25) is 10.0 Å². The predicted octanol–water partition coefficient (Wildman–Crippen LogP) is 4.70. The molecule has 1 heterocycles. The Kier molecular flexibility index (Phi) is 4.86. The molecule has 5 nitrogen and oxygen atoms in total. The van der Waals surface area contributed by atoms with Crippen molar-refractivity contribution in [2.75, 3.05) is 6.61 Å². The molecule has 0 aliphatic carbocycles. The van der Waals surface area contributed by atoms with E-state index in [0.717, 1.165) is 0 Å². The van der Waals surface area contributed by atoms with E-state index in [2.05, 4.69) is 0 Å². The van der Waals surface area contributed by atoms with Crippen LogP contribution in [-0.2, 0) is 0 Å². The summed E-state index contributed by atoms with van der Waals surface area (Å²) in [5.41, 5.74) is -0.188. The Morgan fingerprint density at radius 1 is 1.23 bits per heavy atom. The van der Waals surface area contributed by atoms with E-state index >= 15 is 0 Å². The van der Waals surface area contributed by atoms with E-state index in [1.54, 1.807) is 19.9 Å². The lowest BCUT2D eigenvalue weighted by Gasteiger charge is -2.32. The minimum absolute atomic E-state index is 0.132. The number of phenols is 1. The molecule has 3 rings (SSSR count). The van der Waals surface area contributed by atoms with Crippen LogP contribution in [0.4, 0.5) is 0 Å². The van der Waals surface area contributed by atoms with Gasteiger partial charge >= 0.3 is 0 Å². The van der Waals surface area contributed by atoms with Crippen LogP contribution in [0.15, 0.2) is 30.3 Å². The lowest BCUT2D eigenvalue weighted by Crippen LogP contribution is -2.35. The number of carbonyl (C=O) groups is 2. The van der Waals surface area contributed by atoms with Gasteiger partial charge in [-0.2, -0.15) is 0 Å². The molecule has 0 fully saturated rings. The smallest absolute Gasteiger partial charge is 0.200 e. The van der Waals surface area contributed by atoms with Crippen molar-refractivity contribution < 1.29 is 24.2 Å². The van der Waals surface area contributed by atoms with Gasteiger partial charge in [0, 0.05) is 17.7 Å². The fourth-order valence-corrected chi connectivity index (χ4v) is 3.03. The zero-order chi connectivity index (χ0) is 19.1. The molecular formula is C19H16Cl2O5. The summed E-state index contributed by atoms with van der Waals surface area (Å²) < 4.78 is 11.2. The first-order chi connectivity index (χ1) is 12.2. The van der Waals surface area contributed by atoms with Gasteiger partial charge in [0.05, 0.1) is 16.5 Å². The number of hydrogen-bond acceptors (Lipinski definition) is 5. The standard InChI is InChI=1S/C19H16Cl2O5/c1-19(2)8-15(23)18-14(22)6-11(7-17(18)26-19)25-9-16(24)10-3-4-12(20)13(21)5-10/h3-7,22H,8-9H2,1-2H3. The second kappa shape index (κ2) is 6.82. The molecule has 0 atom stereocenters. The Morgan fingerprint density at radius 2 is 1.96 bits per heavy atom. The van der Waals surface area contributed by atoms with Crippen molar-refractivity contribution in [3.8, 4) is 17.2 Å². The van der Waals surface area contributed by atoms with Gasteiger partial charge in [-0.15, -0.1) is 0 Å². The first kappa shape index (κ1) is 18.5. The lowest BCUT2D eigenvalue weighted by atomic mass is 9.92. The maximum atomic E-state index is 12.2. The average molecular weight is 395 g/mol. The van der Waals surface area contributed by atoms with Gasteiger partial charge in [-0.3, -0.25) is 9.59 Å². The quantitative estimate of drug-likeness (QED) is 0.760. The Bertz CT molecular complexity index is 905. The molecule has 1 aliphatic heterocycles. The van der Waals surface area contributed by atoms with Crippen molar-refractivity contribution in [3.05, 3.63) is 51.5 Å². The second-order valence-corrected chi connectivity index (χ2v) is 7.43. The highest BCUT2D eigenvalue weighted by atomic mass is 35.5. The first-order valence-electron chi connectivity index (χ1n) is 7.86. The fraction of sp³-hybridized carbons (Fsp3) is 0.263. The highest BCUT2D eigenvalue weighted by molar-refractivity contribution is 6.42. The van der Waals surface area contributed by atoms with Gasteiger partial charge in [-0.25, -0.2) is 0 Å². The van der Waals surface area contributed by atoms with E-state index in [1.165, 1.54) is 24.3 Å². The van der Waals surface area contributed by atoms with E-state index in [-0.39, 0.29) is 52.4 Å². The Balaban J connectivity index is 1.79. The number of carbonyl (C=O) groups excluding carboxylic acids is 2. The number of halogens is 2. The van der Waals surface area contributed by atoms with Crippen LogP contribution in [-0.4, -0.2) is 28.9 Å². The van der Waals surface area contributed by atoms with E-state index in [1.807, 2.05) is 0 Å². The lowest BCUT2D eigenvalue weighted by molar-refractivity contribution is 0.0611. The van der Waals surface area contributed by atoms with Gasteiger partial charge in [0.1, 0.15) is 28.4 Å². The number of benzene rings is 2. The number of fused-ring (bicyclic) bond motifs is 1.